The standard InChI is InChI=1S/C13H19N3O4S/c1-20-12-7-6-10(9-14-12)15-13(17)11-5-3-4-8-16(11)21(2,18)19/h6-7,9,11H,3-5,8H2,1-2H3,(H,15,17)/t11-/m1/s1. The molecule has 8 heteroatoms. The predicted octanol–water partition coefficient (Wildman–Crippen LogP) is 0.843. The summed E-state index contributed by atoms with van der Waals surface area (Å²) >= 11 is 0. The quantitative estimate of drug-likeness (QED) is 0.890. The van der Waals surface area contributed by atoms with Crippen molar-refractivity contribution < 1.29 is 17.9 Å². The summed E-state index contributed by atoms with van der Waals surface area (Å²) in [6, 6.07) is 2.64. The Bertz CT molecular complexity index is 600. The first-order chi connectivity index (χ1) is 9.91. The first-order valence-corrected chi connectivity index (χ1v) is 8.54. The number of sulfonamides is 1. The Balaban J connectivity index is 2.10. The number of piperidine rings is 1. The number of rotatable bonds is 4. The number of amides is 1. The average Bonchev–Trinajstić information content (AvgIpc) is 2.47. The van der Waals surface area contributed by atoms with Crippen LogP contribution in [0.25, 0.3) is 0 Å². The van der Waals surface area contributed by atoms with Crippen LogP contribution in [0.15, 0.2) is 18.3 Å². The Kier molecular flexibility index (Phi) is 4.79. The Hall–Kier alpha value is -1.67. The number of pyridine rings is 1. The van der Waals surface area contributed by atoms with Crippen LogP contribution in [0.4, 0.5) is 5.69 Å². The minimum atomic E-state index is -3.39. The first kappa shape index (κ1) is 15.7. The zero-order valence-electron chi connectivity index (χ0n) is 12.1. The maximum Gasteiger partial charge on any atom is 0.242 e. The summed E-state index contributed by atoms with van der Waals surface area (Å²) in [4.78, 5) is 16.3. The zero-order chi connectivity index (χ0) is 15.5. The Morgan fingerprint density at radius 3 is 2.76 bits per heavy atom. The first-order valence-electron chi connectivity index (χ1n) is 6.69. The molecule has 0 radical (unpaired) electrons. The van der Waals surface area contributed by atoms with Crippen LogP contribution in [0.5, 0.6) is 5.88 Å². The van der Waals surface area contributed by atoms with Crippen molar-refractivity contribution in [2.24, 2.45) is 0 Å². The van der Waals surface area contributed by atoms with Crippen LogP contribution >= 0.6 is 0 Å². The van der Waals surface area contributed by atoms with Crippen LogP contribution in [0.3, 0.4) is 0 Å². The van der Waals surface area contributed by atoms with E-state index in [1.54, 1.807) is 12.1 Å². The number of aromatic nitrogens is 1. The lowest BCUT2D eigenvalue weighted by Gasteiger charge is -2.32. The third-order valence-corrected chi connectivity index (χ3v) is 4.68. The molecule has 0 aromatic carbocycles. The fourth-order valence-corrected chi connectivity index (χ4v) is 3.49. The molecule has 1 saturated heterocycles. The molecule has 1 N–H and O–H groups in total. The smallest absolute Gasteiger partial charge is 0.242 e. The molecule has 7 nitrogen and oxygen atoms in total. The fourth-order valence-electron chi connectivity index (χ4n) is 2.36. The van der Waals surface area contributed by atoms with E-state index in [-0.39, 0.29) is 5.91 Å². The maximum atomic E-state index is 12.3. The monoisotopic (exact) mass is 313 g/mol. The van der Waals surface area contributed by atoms with Crippen LogP contribution in [0, 0.1) is 0 Å². The summed E-state index contributed by atoms with van der Waals surface area (Å²) in [5.74, 6) is 0.121. The topological polar surface area (TPSA) is 88.6 Å². The van der Waals surface area contributed by atoms with Crippen molar-refractivity contribution in [3.63, 3.8) is 0 Å². The largest absolute Gasteiger partial charge is 0.481 e. The molecular formula is C13H19N3O4S. The number of hydrogen-bond donors (Lipinski definition) is 1. The van der Waals surface area contributed by atoms with Crippen molar-refractivity contribution >= 4 is 21.6 Å². The van der Waals surface area contributed by atoms with Gasteiger partial charge in [0.05, 0.1) is 25.2 Å². The van der Waals surface area contributed by atoms with Gasteiger partial charge in [0, 0.05) is 12.6 Å². The van der Waals surface area contributed by atoms with E-state index in [1.165, 1.54) is 17.6 Å². The van der Waals surface area contributed by atoms with Gasteiger partial charge >= 0.3 is 0 Å². The van der Waals surface area contributed by atoms with Gasteiger partial charge < -0.3 is 10.1 Å². The summed E-state index contributed by atoms with van der Waals surface area (Å²) in [6.07, 6.45) is 4.76. The molecule has 116 valence electrons. The van der Waals surface area contributed by atoms with E-state index in [0.29, 0.717) is 24.5 Å². The molecule has 0 spiro atoms. The van der Waals surface area contributed by atoms with Gasteiger partial charge in [0.2, 0.25) is 21.8 Å². The van der Waals surface area contributed by atoms with Gasteiger partial charge in [-0.1, -0.05) is 6.42 Å². The average molecular weight is 313 g/mol. The molecule has 21 heavy (non-hydrogen) atoms. The van der Waals surface area contributed by atoms with Gasteiger partial charge in [-0.25, -0.2) is 13.4 Å². The third kappa shape index (κ3) is 3.92. The minimum Gasteiger partial charge on any atom is -0.481 e. The summed E-state index contributed by atoms with van der Waals surface area (Å²) in [6.45, 7) is 0.387. The number of ether oxygens (including phenoxy) is 1. The van der Waals surface area contributed by atoms with E-state index in [0.717, 1.165) is 19.1 Å². The second kappa shape index (κ2) is 6.40. The molecule has 0 aliphatic carbocycles. The van der Waals surface area contributed by atoms with Crippen molar-refractivity contribution in [1.29, 1.82) is 0 Å². The van der Waals surface area contributed by atoms with Gasteiger partial charge in [-0.2, -0.15) is 4.31 Å². The summed E-state index contributed by atoms with van der Waals surface area (Å²) in [5, 5.41) is 2.70. The van der Waals surface area contributed by atoms with Crippen LogP contribution in [0.2, 0.25) is 0 Å². The minimum absolute atomic E-state index is 0.327. The highest BCUT2D eigenvalue weighted by Crippen LogP contribution is 2.21. The molecule has 1 fully saturated rings. The third-order valence-electron chi connectivity index (χ3n) is 3.40. The Morgan fingerprint density at radius 2 is 2.19 bits per heavy atom. The molecule has 1 amide bonds. The lowest BCUT2D eigenvalue weighted by atomic mass is 10.0. The van der Waals surface area contributed by atoms with Crippen molar-refractivity contribution in [2.75, 3.05) is 25.2 Å². The summed E-state index contributed by atoms with van der Waals surface area (Å²) in [7, 11) is -1.88. The lowest BCUT2D eigenvalue weighted by molar-refractivity contribution is -0.120. The van der Waals surface area contributed by atoms with Crippen LogP contribution in [-0.2, 0) is 14.8 Å². The fraction of sp³-hybridized carbons (Fsp3) is 0.538. The summed E-state index contributed by atoms with van der Waals surface area (Å²) in [5.41, 5.74) is 0.514. The highest BCUT2D eigenvalue weighted by atomic mass is 32.2. The molecule has 0 saturated carbocycles. The number of nitrogens with one attached hydrogen (secondary N) is 1. The summed E-state index contributed by atoms with van der Waals surface area (Å²) < 4.78 is 29.7. The molecule has 1 aliphatic heterocycles. The molecule has 0 bridgehead atoms. The van der Waals surface area contributed by atoms with E-state index in [2.05, 4.69) is 10.3 Å². The molecule has 2 rings (SSSR count). The predicted molar refractivity (Wildman–Crippen MR) is 78.6 cm³/mol. The van der Waals surface area contributed by atoms with Gasteiger partial charge in [-0.05, 0) is 18.9 Å². The van der Waals surface area contributed by atoms with Gasteiger partial charge in [-0.3, -0.25) is 4.79 Å². The SMILES string of the molecule is COc1ccc(NC(=O)[C@H]2CCCCN2S(C)(=O)=O)cn1. The van der Waals surface area contributed by atoms with Gasteiger partial charge in [0.1, 0.15) is 6.04 Å². The van der Waals surface area contributed by atoms with Crippen molar-refractivity contribution in [3.8, 4) is 5.88 Å². The normalized spacial score (nSPS) is 20.0. The van der Waals surface area contributed by atoms with Crippen molar-refractivity contribution in [2.45, 2.75) is 25.3 Å². The molecule has 1 aliphatic rings. The van der Waals surface area contributed by atoms with Crippen molar-refractivity contribution in [1.82, 2.24) is 9.29 Å². The number of nitrogens with zero attached hydrogens (tertiary/aromatic N) is 2. The molecule has 1 aromatic rings. The number of hydrogen-bond acceptors (Lipinski definition) is 5. The highest BCUT2D eigenvalue weighted by Gasteiger charge is 2.34. The van der Waals surface area contributed by atoms with E-state index in [4.69, 9.17) is 4.74 Å². The Morgan fingerprint density at radius 1 is 1.43 bits per heavy atom. The second-order valence-electron chi connectivity index (χ2n) is 4.96. The van der Waals surface area contributed by atoms with Gasteiger partial charge in [0.25, 0.3) is 0 Å². The van der Waals surface area contributed by atoms with Gasteiger partial charge in [-0.15, -0.1) is 0 Å². The Labute approximate surface area is 124 Å². The van der Waals surface area contributed by atoms with E-state index in [9.17, 15) is 13.2 Å². The molecule has 2 heterocycles. The maximum absolute atomic E-state index is 12.3. The number of anilines is 1. The second-order valence-corrected chi connectivity index (χ2v) is 6.90. The zero-order valence-corrected chi connectivity index (χ0v) is 12.9. The van der Waals surface area contributed by atoms with E-state index >= 15 is 0 Å². The molecule has 1 atom stereocenters. The van der Waals surface area contributed by atoms with Gasteiger partial charge in [0.15, 0.2) is 0 Å². The molecule has 1 aromatic heterocycles. The lowest BCUT2D eigenvalue weighted by Crippen LogP contribution is -2.49. The van der Waals surface area contributed by atoms with E-state index < -0.39 is 16.1 Å². The van der Waals surface area contributed by atoms with Crippen molar-refractivity contribution in [3.05, 3.63) is 18.3 Å². The van der Waals surface area contributed by atoms with Crippen LogP contribution in [-0.4, -0.2) is 49.6 Å². The number of carbonyl (C=O) groups excluding carboxylic acids is 1. The van der Waals surface area contributed by atoms with Crippen LogP contribution in [0.1, 0.15) is 19.3 Å². The molecular weight excluding hydrogens is 294 g/mol. The molecule has 0 unspecified atom stereocenters. The van der Waals surface area contributed by atoms with Crippen LogP contribution < -0.4 is 10.1 Å². The number of methoxy groups -OCH3 is 1. The number of carbonyl (C=O) groups is 1. The highest BCUT2D eigenvalue weighted by molar-refractivity contribution is 7.88. The van der Waals surface area contributed by atoms with E-state index in [1.807, 2.05) is 0 Å².